The van der Waals surface area contributed by atoms with Crippen molar-refractivity contribution in [3.8, 4) is 11.4 Å². The van der Waals surface area contributed by atoms with E-state index in [1.807, 2.05) is 24.3 Å². The molecule has 0 bridgehead atoms. The van der Waals surface area contributed by atoms with Crippen molar-refractivity contribution >= 4 is 50.7 Å². The molecule has 0 fully saturated rings. The van der Waals surface area contributed by atoms with Crippen molar-refractivity contribution < 1.29 is 4.79 Å². The van der Waals surface area contributed by atoms with Crippen LogP contribution in [0.1, 0.15) is 13.0 Å². The topological polar surface area (TPSA) is 72.7 Å². The van der Waals surface area contributed by atoms with Gasteiger partial charge in [0.1, 0.15) is 6.04 Å². The number of aromatic nitrogens is 4. The number of nitrogens with zero attached hydrogens (tertiary/aromatic N) is 4. The fourth-order valence-electron chi connectivity index (χ4n) is 2.08. The molecule has 1 atom stereocenters. The number of tetrazole rings is 1. The molecule has 1 heterocycles. The molecule has 0 aliphatic carbocycles. The molecule has 1 aromatic heterocycles. The third-order valence-corrected chi connectivity index (χ3v) is 4.99. The summed E-state index contributed by atoms with van der Waals surface area (Å²) < 4.78 is 0.845. The Morgan fingerprint density at radius 2 is 1.96 bits per heavy atom. The molecule has 0 aliphatic rings. The van der Waals surface area contributed by atoms with Crippen LogP contribution in [-0.4, -0.2) is 26.1 Å². The Hall–Kier alpha value is -1.96. The molecule has 3 rings (SSSR count). The number of benzene rings is 2. The van der Waals surface area contributed by atoms with Gasteiger partial charge in [0.15, 0.2) is 0 Å². The summed E-state index contributed by atoms with van der Waals surface area (Å²) in [7, 11) is 0. The first-order valence-corrected chi connectivity index (χ1v) is 8.81. The highest BCUT2D eigenvalue weighted by Crippen LogP contribution is 2.30. The van der Waals surface area contributed by atoms with Crippen molar-refractivity contribution in [1.82, 2.24) is 20.2 Å². The summed E-state index contributed by atoms with van der Waals surface area (Å²) >= 11 is 15.5. The Balaban J connectivity index is 1.79. The molecule has 2 aromatic carbocycles. The molecular formula is C16H12BrCl2N5O. The van der Waals surface area contributed by atoms with E-state index in [2.05, 4.69) is 36.7 Å². The van der Waals surface area contributed by atoms with Gasteiger partial charge in [0, 0.05) is 10.0 Å². The molecule has 0 radical (unpaired) electrons. The maximum absolute atomic E-state index is 12.4. The maximum atomic E-state index is 12.4. The summed E-state index contributed by atoms with van der Waals surface area (Å²) in [6.07, 6.45) is 0. The van der Waals surface area contributed by atoms with E-state index in [4.69, 9.17) is 23.2 Å². The molecule has 25 heavy (non-hydrogen) atoms. The van der Waals surface area contributed by atoms with Gasteiger partial charge in [-0.15, -0.1) is 10.2 Å². The monoisotopic (exact) mass is 439 g/mol. The van der Waals surface area contributed by atoms with Crippen LogP contribution in [0.5, 0.6) is 0 Å². The van der Waals surface area contributed by atoms with Gasteiger partial charge in [-0.1, -0.05) is 57.3 Å². The van der Waals surface area contributed by atoms with E-state index in [-0.39, 0.29) is 10.9 Å². The van der Waals surface area contributed by atoms with E-state index < -0.39 is 6.04 Å². The van der Waals surface area contributed by atoms with Gasteiger partial charge in [0.25, 0.3) is 5.91 Å². The summed E-state index contributed by atoms with van der Waals surface area (Å²) in [4.78, 5) is 13.7. The molecule has 0 saturated carbocycles. The van der Waals surface area contributed by atoms with Gasteiger partial charge < -0.3 is 5.32 Å². The van der Waals surface area contributed by atoms with E-state index in [1.165, 1.54) is 4.80 Å². The van der Waals surface area contributed by atoms with Crippen LogP contribution in [0.2, 0.25) is 10.0 Å². The zero-order valence-electron chi connectivity index (χ0n) is 12.9. The van der Waals surface area contributed by atoms with Gasteiger partial charge in [-0.25, -0.2) is 0 Å². The molecule has 0 saturated heterocycles. The van der Waals surface area contributed by atoms with Crippen LogP contribution in [0.25, 0.3) is 11.4 Å². The molecule has 9 heteroatoms. The van der Waals surface area contributed by atoms with Crippen molar-refractivity contribution in [3.05, 3.63) is 57.0 Å². The molecule has 1 unspecified atom stereocenters. The highest BCUT2D eigenvalue weighted by molar-refractivity contribution is 9.10. The summed E-state index contributed by atoms with van der Waals surface area (Å²) in [6, 6.07) is 11.8. The number of anilines is 1. The van der Waals surface area contributed by atoms with Crippen LogP contribution in [0, 0.1) is 0 Å². The molecule has 0 aliphatic heterocycles. The molecule has 3 aromatic rings. The van der Waals surface area contributed by atoms with E-state index in [0.717, 1.165) is 10.0 Å². The van der Waals surface area contributed by atoms with Crippen LogP contribution >= 0.6 is 39.1 Å². The normalized spacial score (nSPS) is 12.0. The van der Waals surface area contributed by atoms with Crippen LogP contribution in [-0.2, 0) is 4.79 Å². The van der Waals surface area contributed by atoms with Crippen molar-refractivity contribution in [3.63, 3.8) is 0 Å². The molecule has 1 N–H and O–H groups in total. The second-order valence-electron chi connectivity index (χ2n) is 5.18. The van der Waals surface area contributed by atoms with E-state index >= 15 is 0 Å². The fourth-order valence-corrected chi connectivity index (χ4v) is 2.89. The number of hydrogen-bond donors (Lipinski definition) is 1. The highest BCUT2D eigenvalue weighted by atomic mass is 79.9. The van der Waals surface area contributed by atoms with Gasteiger partial charge in [-0.05, 0) is 36.4 Å². The minimum Gasteiger partial charge on any atom is -0.323 e. The standard InChI is InChI=1S/C16H12BrCl2N5O/c1-9(16(25)20-13-8-4-7-12(18)14(13)19)24-22-15(21-23-24)10-5-2-3-6-11(10)17/h2-9H,1H3,(H,20,25). The van der Waals surface area contributed by atoms with E-state index in [1.54, 1.807) is 25.1 Å². The first-order valence-electron chi connectivity index (χ1n) is 7.26. The number of hydrogen-bond acceptors (Lipinski definition) is 4. The lowest BCUT2D eigenvalue weighted by molar-refractivity contribution is -0.119. The number of carbonyl (C=O) groups excluding carboxylic acids is 1. The van der Waals surface area contributed by atoms with Crippen LogP contribution in [0.3, 0.4) is 0 Å². The van der Waals surface area contributed by atoms with Crippen molar-refractivity contribution in [2.75, 3.05) is 5.32 Å². The summed E-state index contributed by atoms with van der Waals surface area (Å²) in [5, 5.41) is 15.6. The zero-order valence-corrected chi connectivity index (χ0v) is 16.0. The van der Waals surface area contributed by atoms with E-state index in [0.29, 0.717) is 16.5 Å². The third kappa shape index (κ3) is 3.84. The number of carbonyl (C=O) groups is 1. The smallest absolute Gasteiger partial charge is 0.250 e. The molecule has 128 valence electrons. The highest BCUT2D eigenvalue weighted by Gasteiger charge is 2.20. The lowest BCUT2D eigenvalue weighted by Crippen LogP contribution is -2.25. The first-order chi connectivity index (χ1) is 12.0. The Labute approximate surface area is 162 Å². The Bertz CT molecular complexity index is 930. The first kappa shape index (κ1) is 17.8. The minimum atomic E-state index is -0.682. The lowest BCUT2D eigenvalue weighted by atomic mass is 10.2. The van der Waals surface area contributed by atoms with Gasteiger partial charge in [0.05, 0.1) is 15.7 Å². The predicted molar refractivity (Wildman–Crippen MR) is 101 cm³/mol. The Morgan fingerprint density at radius 1 is 1.20 bits per heavy atom. The maximum Gasteiger partial charge on any atom is 0.250 e. The van der Waals surface area contributed by atoms with Gasteiger partial charge in [-0.3, -0.25) is 4.79 Å². The van der Waals surface area contributed by atoms with Gasteiger partial charge in [0.2, 0.25) is 5.82 Å². The quantitative estimate of drug-likeness (QED) is 0.642. The molecule has 1 amide bonds. The second-order valence-corrected chi connectivity index (χ2v) is 6.82. The summed E-state index contributed by atoms with van der Waals surface area (Å²) in [5.41, 5.74) is 1.22. The summed E-state index contributed by atoms with van der Waals surface area (Å²) in [6.45, 7) is 1.67. The van der Waals surface area contributed by atoms with Crippen LogP contribution in [0.15, 0.2) is 46.9 Å². The van der Waals surface area contributed by atoms with Crippen molar-refractivity contribution in [2.45, 2.75) is 13.0 Å². The summed E-state index contributed by atoms with van der Waals surface area (Å²) in [5.74, 6) is 0.0909. The SMILES string of the molecule is CC(C(=O)Nc1cccc(Cl)c1Cl)n1nnc(-c2ccccc2Br)n1. The minimum absolute atomic E-state index is 0.283. The largest absolute Gasteiger partial charge is 0.323 e. The Kier molecular flexibility index (Phi) is 5.36. The van der Waals surface area contributed by atoms with Crippen LogP contribution in [0.4, 0.5) is 5.69 Å². The number of rotatable bonds is 4. The fraction of sp³-hybridized carbons (Fsp3) is 0.125. The average molecular weight is 441 g/mol. The lowest BCUT2D eigenvalue weighted by Gasteiger charge is -2.12. The van der Waals surface area contributed by atoms with E-state index in [9.17, 15) is 4.79 Å². The van der Waals surface area contributed by atoms with Crippen LogP contribution < -0.4 is 5.32 Å². The van der Waals surface area contributed by atoms with Gasteiger partial charge >= 0.3 is 0 Å². The molecular weight excluding hydrogens is 429 g/mol. The number of amides is 1. The zero-order chi connectivity index (χ0) is 18.0. The average Bonchev–Trinajstić information content (AvgIpc) is 3.08. The van der Waals surface area contributed by atoms with Crippen molar-refractivity contribution in [2.24, 2.45) is 0 Å². The third-order valence-electron chi connectivity index (χ3n) is 3.48. The predicted octanol–water partition coefficient (Wildman–Crippen LogP) is 4.61. The second kappa shape index (κ2) is 7.51. The van der Waals surface area contributed by atoms with Crippen molar-refractivity contribution in [1.29, 1.82) is 0 Å². The Morgan fingerprint density at radius 3 is 2.72 bits per heavy atom. The molecule has 0 spiro atoms. The van der Waals surface area contributed by atoms with Gasteiger partial charge in [-0.2, -0.15) is 4.80 Å². The molecule has 6 nitrogen and oxygen atoms in total. The number of nitrogens with one attached hydrogen (secondary N) is 1. The number of halogens is 3.